The van der Waals surface area contributed by atoms with Crippen LogP contribution >= 0.6 is 11.8 Å². The van der Waals surface area contributed by atoms with E-state index in [1.807, 2.05) is 54.6 Å². The first-order valence-corrected chi connectivity index (χ1v) is 11.2. The Morgan fingerprint density at radius 3 is 2.29 bits per heavy atom. The Morgan fingerprint density at radius 2 is 1.57 bits per heavy atom. The highest BCUT2D eigenvalue weighted by Gasteiger charge is 2.13. The van der Waals surface area contributed by atoms with Gasteiger partial charge in [0.15, 0.2) is 0 Å². The van der Waals surface area contributed by atoms with Crippen molar-refractivity contribution in [3.63, 3.8) is 0 Å². The normalized spacial score (nSPS) is 11.1. The summed E-state index contributed by atoms with van der Waals surface area (Å²) >= 11 is 1.56. The molecule has 0 aliphatic carbocycles. The van der Waals surface area contributed by atoms with Crippen LogP contribution in [0.2, 0.25) is 0 Å². The van der Waals surface area contributed by atoms with Crippen molar-refractivity contribution >= 4 is 39.1 Å². The highest BCUT2D eigenvalue weighted by atomic mass is 32.2. The molecule has 5 nitrogen and oxygen atoms in total. The lowest BCUT2D eigenvalue weighted by molar-refractivity contribution is 0.102. The van der Waals surface area contributed by atoms with E-state index >= 15 is 0 Å². The van der Waals surface area contributed by atoms with Crippen molar-refractivity contribution in [3.05, 3.63) is 83.9 Å². The smallest absolute Gasteiger partial charge is 0.255 e. The molecule has 0 unspecified atom stereocenters. The van der Waals surface area contributed by atoms with Crippen molar-refractivity contribution in [2.75, 3.05) is 16.3 Å². The zero-order chi connectivity index (χ0) is 20.1. The molecule has 2 N–H and O–H groups in total. The minimum Gasteiger partial charge on any atom is -0.321 e. The molecule has 0 aliphatic rings. The Bertz CT molecular complexity index is 1100. The molecule has 0 fully saturated rings. The van der Waals surface area contributed by atoms with Crippen molar-refractivity contribution in [2.24, 2.45) is 0 Å². The lowest BCUT2D eigenvalue weighted by Crippen LogP contribution is -2.15. The number of carbonyl (C=O) groups excluding carboxylic acids is 1. The molecule has 3 aromatic rings. The number of rotatable bonds is 6. The summed E-state index contributed by atoms with van der Waals surface area (Å²) in [5, 5.41) is 2.92. The van der Waals surface area contributed by atoms with E-state index in [-0.39, 0.29) is 5.91 Å². The Morgan fingerprint density at radius 1 is 0.893 bits per heavy atom. The van der Waals surface area contributed by atoms with Crippen LogP contribution in [-0.4, -0.2) is 20.6 Å². The maximum absolute atomic E-state index is 12.8. The summed E-state index contributed by atoms with van der Waals surface area (Å²) < 4.78 is 25.5. The summed E-state index contributed by atoms with van der Waals surface area (Å²) in [5.41, 5.74) is 2.19. The summed E-state index contributed by atoms with van der Waals surface area (Å²) in [7, 11) is -3.43. The van der Waals surface area contributed by atoms with Gasteiger partial charge in [0.2, 0.25) is 10.0 Å². The van der Waals surface area contributed by atoms with Gasteiger partial charge in [0, 0.05) is 15.4 Å². The van der Waals surface area contributed by atoms with E-state index in [1.165, 1.54) is 0 Å². The number of hydrogen-bond donors (Lipinski definition) is 2. The van der Waals surface area contributed by atoms with Crippen LogP contribution in [-0.2, 0) is 10.0 Å². The number of anilines is 2. The zero-order valence-corrected chi connectivity index (χ0v) is 17.1. The van der Waals surface area contributed by atoms with Crippen LogP contribution in [0.5, 0.6) is 0 Å². The van der Waals surface area contributed by atoms with Crippen LogP contribution in [0.25, 0.3) is 0 Å². The van der Waals surface area contributed by atoms with Crippen LogP contribution in [0.1, 0.15) is 15.9 Å². The Balaban J connectivity index is 1.83. The molecule has 7 heteroatoms. The van der Waals surface area contributed by atoms with Gasteiger partial charge in [-0.1, -0.05) is 48.2 Å². The SMILES string of the molecule is Cc1ccc(C(=O)Nc2ccccc2Sc2ccccc2)cc1NS(C)(=O)=O. The third-order valence-corrected chi connectivity index (χ3v) is 5.58. The fraction of sp³-hybridized carbons (Fsp3) is 0.0952. The van der Waals surface area contributed by atoms with Crippen molar-refractivity contribution in [1.29, 1.82) is 0 Å². The van der Waals surface area contributed by atoms with Gasteiger partial charge in [-0.3, -0.25) is 9.52 Å². The first-order chi connectivity index (χ1) is 13.3. The summed E-state index contributed by atoms with van der Waals surface area (Å²) in [4.78, 5) is 14.7. The number of aryl methyl sites for hydroxylation is 1. The van der Waals surface area contributed by atoms with Crippen LogP contribution in [0.15, 0.2) is 82.6 Å². The third-order valence-electron chi connectivity index (χ3n) is 3.90. The minimum atomic E-state index is -3.43. The van der Waals surface area contributed by atoms with Gasteiger partial charge in [0.25, 0.3) is 5.91 Å². The molecule has 1 amide bonds. The molecular weight excluding hydrogens is 392 g/mol. The van der Waals surface area contributed by atoms with Crippen LogP contribution in [0.3, 0.4) is 0 Å². The molecule has 3 aromatic carbocycles. The van der Waals surface area contributed by atoms with Gasteiger partial charge in [0.1, 0.15) is 0 Å². The average molecular weight is 413 g/mol. The van der Waals surface area contributed by atoms with Gasteiger partial charge < -0.3 is 5.32 Å². The van der Waals surface area contributed by atoms with Gasteiger partial charge in [-0.25, -0.2) is 8.42 Å². The van der Waals surface area contributed by atoms with Crippen LogP contribution < -0.4 is 10.0 Å². The second-order valence-electron chi connectivity index (χ2n) is 6.27. The maximum atomic E-state index is 12.8. The first-order valence-electron chi connectivity index (χ1n) is 8.53. The van der Waals surface area contributed by atoms with E-state index < -0.39 is 10.0 Å². The number of para-hydroxylation sites is 1. The van der Waals surface area contributed by atoms with Gasteiger partial charge in [0.05, 0.1) is 17.6 Å². The molecule has 0 saturated heterocycles. The molecule has 0 spiro atoms. The zero-order valence-electron chi connectivity index (χ0n) is 15.5. The van der Waals surface area contributed by atoms with Gasteiger partial charge in [-0.15, -0.1) is 0 Å². The first kappa shape index (κ1) is 20.0. The molecule has 3 rings (SSSR count). The molecule has 0 aromatic heterocycles. The second-order valence-corrected chi connectivity index (χ2v) is 9.13. The van der Waals surface area contributed by atoms with Crippen LogP contribution in [0, 0.1) is 6.92 Å². The second kappa shape index (κ2) is 8.50. The van der Waals surface area contributed by atoms with Gasteiger partial charge in [-0.2, -0.15) is 0 Å². The van der Waals surface area contributed by atoms with Crippen LogP contribution in [0.4, 0.5) is 11.4 Å². The van der Waals surface area contributed by atoms with E-state index in [4.69, 9.17) is 0 Å². The standard InChI is InChI=1S/C21H20N2O3S2/c1-15-12-13-16(14-19(15)23-28(2,25)26)21(24)22-18-10-6-7-11-20(18)27-17-8-4-3-5-9-17/h3-14,23H,1-2H3,(H,22,24). The molecule has 0 atom stereocenters. The number of nitrogens with one attached hydrogen (secondary N) is 2. The summed E-state index contributed by atoms with van der Waals surface area (Å²) in [6.07, 6.45) is 1.08. The lowest BCUT2D eigenvalue weighted by atomic mass is 10.1. The molecule has 144 valence electrons. The third kappa shape index (κ3) is 5.37. The summed E-state index contributed by atoms with van der Waals surface area (Å²) in [6.45, 7) is 1.78. The molecule has 0 bridgehead atoms. The van der Waals surface area contributed by atoms with E-state index in [1.54, 1.807) is 36.9 Å². The summed E-state index contributed by atoms with van der Waals surface area (Å²) in [6, 6.07) is 22.4. The minimum absolute atomic E-state index is 0.308. The molecular formula is C21H20N2O3S2. The van der Waals surface area contributed by atoms with E-state index in [0.29, 0.717) is 16.9 Å². The Labute approximate surface area is 169 Å². The average Bonchev–Trinajstić information content (AvgIpc) is 2.65. The highest BCUT2D eigenvalue weighted by molar-refractivity contribution is 7.99. The fourth-order valence-corrected chi connectivity index (χ4v) is 4.08. The topological polar surface area (TPSA) is 75.3 Å². The number of benzene rings is 3. The summed E-state index contributed by atoms with van der Waals surface area (Å²) in [5.74, 6) is -0.308. The van der Waals surface area contributed by atoms with Crippen molar-refractivity contribution in [1.82, 2.24) is 0 Å². The molecule has 0 saturated carbocycles. The van der Waals surface area contributed by atoms with E-state index in [0.717, 1.165) is 21.6 Å². The number of carbonyl (C=O) groups is 1. The quantitative estimate of drug-likeness (QED) is 0.611. The number of hydrogen-bond acceptors (Lipinski definition) is 4. The van der Waals surface area contributed by atoms with E-state index in [9.17, 15) is 13.2 Å². The fourth-order valence-electron chi connectivity index (χ4n) is 2.54. The number of amides is 1. The molecule has 0 heterocycles. The van der Waals surface area contributed by atoms with Crippen molar-refractivity contribution in [2.45, 2.75) is 16.7 Å². The predicted octanol–water partition coefficient (Wildman–Crippen LogP) is 4.77. The molecule has 0 radical (unpaired) electrons. The monoisotopic (exact) mass is 412 g/mol. The Kier molecular flexibility index (Phi) is 6.06. The molecule has 0 aliphatic heterocycles. The molecule has 28 heavy (non-hydrogen) atoms. The van der Waals surface area contributed by atoms with Gasteiger partial charge in [-0.05, 0) is 48.9 Å². The van der Waals surface area contributed by atoms with Gasteiger partial charge >= 0.3 is 0 Å². The number of sulfonamides is 1. The van der Waals surface area contributed by atoms with Crippen molar-refractivity contribution in [3.8, 4) is 0 Å². The maximum Gasteiger partial charge on any atom is 0.255 e. The predicted molar refractivity (Wildman–Crippen MR) is 115 cm³/mol. The van der Waals surface area contributed by atoms with Crippen molar-refractivity contribution < 1.29 is 13.2 Å². The largest absolute Gasteiger partial charge is 0.321 e. The highest BCUT2D eigenvalue weighted by Crippen LogP contribution is 2.33. The van der Waals surface area contributed by atoms with E-state index in [2.05, 4.69) is 10.0 Å². The Hall–Kier alpha value is -2.77. The lowest BCUT2D eigenvalue weighted by Gasteiger charge is -2.13.